The first kappa shape index (κ1) is 12.0. The molecular formula is C12H17O3P. The Morgan fingerprint density at radius 3 is 2.19 bits per heavy atom. The molecule has 0 aliphatic heterocycles. The highest BCUT2D eigenvalue weighted by Crippen LogP contribution is 2.47. The van der Waals surface area contributed by atoms with Gasteiger partial charge in [0.1, 0.15) is 5.60 Å². The van der Waals surface area contributed by atoms with Gasteiger partial charge in [0, 0.05) is 0 Å². The van der Waals surface area contributed by atoms with E-state index in [0.29, 0.717) is 0 Å². The largest absolute Gasteiger partial charge is 0.328 e. The molecule has 0 saturated heterocycles. The first-order valence-electron chi connectivity index (χ1n) is 5.65. The lowest BCUT2D eigenvalue weighted by Gasteiger charge is -2.37. The minimum Gasteiger partial charge on any atom is -0.328 e. The zero-order valence-electron chi connectivity index (χ0n) is 9.17. The second-order valence-electron chi connectivity index (χ2n) is 4.27. The summed E-state index contributed by atoms with van der Waals surface area (Å²) in [6.45, 7) is 0. The van der Waals surface area contributed by atoms with Gasteiger partial charge in [-0.15, -0.1) is 0 Å². The van der Waals surface area contributed by atoms with E-state index in [1.54, 1.807) is 0 Å². The first-order valence-corrected chi connectivity index (χ1v) is 6.82. The van der Waals surface area contributed by atoms with E-state index in [-0.39, 0.29) is 0 Å². The average molecular weight is 240 g/mol. The smallest absolute Gasteiger partial charge is 0.327 e. The van der Waals surface area contributed by atoms with Crippen LogP contribution in [0.3, 0.4) is 0 Å². The van der Waals surface area contributed by atoms with Gasteiger partial charge in [0.15, 0.2) is 0 Å². The zero-order valence-corrected chi connectivity index (χ0v) is 10.1. The summed E-state index contributed by atoms with van der Waals surface area (Å²) in [6, 6.07) is 9.90. The number of rotatable bonds is 3. The van der Waals surface area contributed by atoms with Crippen molar-refractivity contribution in [1.82, 2.24) is 0 Å². The van der Waals surface area contributed by atoms with Crippen LogP contribution in [0.15, 0.2) is 30.3 Å². The second-order valence-corrected chi connectivity index (χ2v) is 4.95. The second kappa shape index (κ2) is 5.24. The third-order valence-corrected chi connectivity index (χ3v) is 3.73. The van der Waals surface area contributed by atoms with Crippen molar-refractivity contribution in [1.29, 1.82) is 0 Å². The lowest BCUT2D eigenvalue weighted by molar-refractivity contribution is 0.0151. The van der Waals surface area contributed by atoms with Gasteiger partial charge in [-0.3, -0.25) is 0 Å². The van der Waals surface area contributed by atoms with Gasteiger partial charge in [-0.25, -0.2) is 0 Å². The van der Waals surface area contributed by atoms with E-state index in [1.165, 1.54) is 6.42 Å². The van der Waals surface area contributed by atoms with Crippen LogP contribution >= 0.6 is 8.60 Å². The van der Waals surface area contributed by atoms with Crippen LogP contribution in [-0.4, -0.2) is 9.79 Å². The monoisotopic (exact) mass is 240 g/mol. The molecule has 0 spiro atoms. The normalized spacial score (nSPS) is 19.9. The molecule has 0 heterocycles. The Hall–Kier alpha value is -0.470. The molecule has 0 atom stereocenters. The Balaban J connectivity index is 2.26. The summed E-state index contributed by atoms with van der Waals surface area (Å²) in [7, 11) is -2.30. The lowest BCUT2D eigenvalue weighted by atomic mass is 9.80. The van der Waals surface area contributed by atoms with Crippen molar-refractivity contribution >= 4 is 8.60 Å². The molecule has 4 heteroatoms. The topological polar surface area (TPSA) is 49.7 Å². The van der Waals surface area contributed by atoms with Crippen LogP contribution in [0.2, 0.25) is 0 Å². The molecule has 1 saturated carbocycles. The summed E-state index contributed by atoms with van der Waals surface area (Å²) in [5, 5.41) is 0. The predicted molar refractivity (Wildman–Crippen MR) is 63.6 cm³/mol. The Morgan fingerprint density at radius 2 is 1.62 bits per heavy atom. The number of benzene rings is 1. The molecule has 1 aliphatic rings. The lowest BCUT2D eigenvalue weighted by Crippen LogP contribution is -2.30. The summed E-state index contributed by atoms with van der Waals surface area (Å²) in [4.78, 5) is 18.3. The van der Waals surface area contributed by atoms with Crippen molar-refractivity contribution in [2.75, 3.05) is 0 Å². The number of hydrogen-bond donors (Lipinski definition) is 2. The average Bonchev–Trinajstić information content (AvgIpc) is 2.30. The molecule has 1 fully saturated rings. The molecule has 0 unspecified atom stereocenters. The van der Waals surface area contributed by atoms with Gasteiger partial charge in [-0.2, -0.15) is 0 Å². The van der Waals surface area contributed by atoms with Crippen molar-refractivity contribution in [2.24, 2.45) is 0 Å². The Kier molecular flexibility index (Phi) is 3.93. The molecule has 0 radical (unpaired) electrons. The van der Waals surface area contributed by atoms with Crippen molar-refractivity contribution in [3.63, 3.8) is 0 Å². The maximum Gasteiger partial charge on any atom is 0.327 e. The molecule has 0 bridgehead atoms. The van der Waals surface area contributed by atoms with E-state index in [9.17, 15) is 0 Å². The van der Waals surface area contributed by atoms with Crippen molar-refractivity contribution < 1.29 is 14.3 Å². The molecule has 1 aliphatic carbocycles. The molecule has 1 aromatic carbocycles. The minimum absolute atomic E-state index is 0.477. The van der Waals surface area contributed by atoms with Crippen LogP contribution in [0.25, 0.3) is 0 Å². The molecule has 16 heavy (non-hydrogen) atoms. The van der Waals surface area contributed by atoms with Crippen molar-refractivity contribution in [3.05, 3.63) is 35.9 Å². The van der Waals surface area contributed by atoms with Crippen LogP contribution in [0, 0.1) is 0 Å². The van der Waals surface area contributed by atoms with Gasteiger partial charge in [-0.1, -0.05) is 49.6 Å². The summed E-state index contributed by atoms with van der Waals surface area (Å²) in [5.41, 5.74) is 0.583. The van der Waals surface area contributed by atoms with Crippen molar-refractivity contribution in [2.45, 2.75) is 37.7 Å². The van der Waals surface area contributed by atoms with Gasteiger partial charge in [-0.05, 0) is 18.4 Å². The fraction of sp³-hybridized carbons (Fsp3) is 0.500. The van der Waals surface area contributed by atoms with Gasteiger partial charge < -0.3 is 14.3 Å². The van der Waals surface area contributed by atoms with E-state index >= 15 is 0 Å². The minimum atomic E-state index is -2.30. The maximum absolute atomic E-state index is 9.13. The maximum atomic E-state index is 9.13. The van der Waals surface area contributed by atoms with E-state index in [4.69, 9.17) is 14.3 Å². The highest BCUT2D eigenvalue weighted by atomic mass is 31.2. The van der Waals surface area contributed by atoms with Crippen LogP contribution in [0.1, 0.15) is 37.7 Å². The summed E-state index contributed by atoms with van der Waals surface area (Å²) in [5.74, 6) is 0. The molecule has 2 rings (SSSR count). The fourth-order valence-electron chi connectivity index (χ4n) is 2.45. The van der Waals surface area contributed by atoms with Gasteiger partial charge in [0.05, 0.1) is 0 Å². The van der Waals surface area contributed by atoms with E-state index in [1.807, 2.05) is 30.3 Å². The van der Waals surface area contributed by atoms with E-state index in [2.05, 4.69) is 0 Å². The third-order valence-electron chi connectivity index (χ3n) is 3.22. The first-order chi connectivity index (χ1) is 7.73. The Labute approximate surface area is 97.1 Å². The van der Waals surface area contributed by atoms with Gasteiger partial charge in [0.2, 0.25) is 0 Å². The fourth-order valence-corrected chi connectivity index (χ4v) is 3.05. The standard InChI is InChI=1S/C12H17O3P/c13-16(14)15-12(9-5-2-6-10-12)11-7-3-1-4-8-11/h1,3-4,7-8,13-14H,2,5-6,9-10H2. The Morgan fingerprint density at radius 1 is 1.00 bits per heavy atom. The van der Waals surface area contributed by atoms with Crippen molar-refractivity contribution in [3.8, 4) is 0 Å². The van der Waals surface area contributed by atoms with Crippen LogP contribution in [0.5, 0.6) is 0 Å². The van der Waals surface area contributed by atoms with Crippen LogP contribution in [-0.2, 0) is 10.1 Å². The summed E-state index contributed by atoms with van der Waals surface area (Å²) < 4.78 is 5.44. The molecule has 3 nitrogen and oxygen atoms in total. The predicted octanol–water partition coefficient (Wildman–Crippen LogP) is 3.07. The molecular weight excluding hydrogens is 223 g/mol. The molecule has 2 N–H and O–H groups in total. The molecule has 0 aromatic heterocycles. The van der Waals surface area contributed by atoms with Gasteiger partial charge >= 0.3 is 8.60 Å². The third kappa shape index (κ3) is 2.61. The van der Waals surface area contributed by atoms with E-state index in [0.717, 1.165) is 31.2 Å². The number of hydrogen-bond acceptors (Lipinski definition) is 3. The molecule has 0 amide bonds. The molecule has 88 valence electrons. The summed E-state index contributed by atoms with van der Waals surface area (Å²) >= 11 is 0. The van der Waals surface area contributed by atoms with Crippen LogP contribution < -0.4 is 0 Å². The zero-order chi connectivity index (χ0) is 11.4. The quantitative estimate of drug-likeness (QED) is 0.798. The van der Waals surface area contributed by atoms with E-state index < -0.39 is 14.2 Å². The Bertz CT molecular complexity index is 320. The van der Waals surface area contributed by atoms with Crippen LogP contribution in [0.4, 0.5) is 0 Å². The van der Waals surface area contributed by atoms with Gasteiger partial charge in [0.25, 0.3) is 0 Å². The SMILES string of the molecule is OP(O)OC1(c2ccccc2)CCCCC1. The highest BCUT2D eigenvalue weighted by molar-refractivity contribution is 7.39. The summed E-state index contributed by atoms with van der Waals surface area (Å²) in [6.07, 6.45) is 5.11. The highest BCUT2D eigenvalue weighted by Gasteiger charge is 2.37. The molecule has 1 aromatic rings.